The molecule has 3 aromatic rings. The third-order valence-corrected chi connectivity index (χ3v) is 3.07. The van der Waals surface area contributed by atoms with Crippen molar-refractivity contribution in [2.45, 2.75) is 0 Å². The molecule has 0 saturated heterocycles. The summed E-state index contributed by atoms with van der Waals surface area (Å²) in [6.45, 7) is 0. The number of nitrogen functional groups attached to an aromatic ring is 1. The minimum absolute atomic E-state index is 0.339. The van der Waals surface area contributed by atoms with Crippen LogP contribution in [0.15, 0.2) is 28.1 Å². The lowest BCUT2D eigenvalue weighted by molar-refractivity contribution is 0.581. The molecule has 3 rings (SSSR count). The molecule has 0 fully saturated rings. The number of nitrogens with zero attached hydrogens (tertiary/aromatic N) is 4. The van der Waals surface area contributed by atoms with Crippen LogP contribution in [0.2, 0.25) is 0 Å². The number of aromatic nitrogens is 4. The third kappa shape index (κ3) is 1.70. The monoisotopic (exact) mass is 247 g/mol. The number of thiophene rings is 1. The zero-order valence-electron chi connectivity index (χ0n) is 8.99. The highest BCUT2D eigenvalue weighted by molar-refractivity contribution is 7.13. The highest BCUT2D eigenvalue weighted by atomic mass is 32.1. The van der Waals surface area contributed by atoms with E-state index in [1.54, 1.807) is 29.3 Å². The van der Waals surface area contributed by atoms with Gasteiger partial charge in [0.25, 0.3) is 11.8 Å². The molecule has 0 atom stereocenters. The van der Waals surface area contributed by atoms with E-state index in [0.29, 0.717) is 23.2 Å². The Morgan fingerprint density at radius 1 is 1.35 bits per heavy atom. The summed E-state index contributed by atoms with van der Waals surface area (Å²) < 4.78 is 7.15. The molecule has 0 aromatic carbocycles. The van der Waals surface area contributed by atoms with Crippen LogP contribution in [0, 0.1) is 0 Å². The highest BCUT2D eigenvalue weighted by Gasteiger charge is 2.16. The van der Waals surface area contributed by atoms with Crippen LogP contribution >= 0.6 is 11.3 Å². The molecule has 0 aliphatic rings. The summed E-state index contributed by atoms with van der Waals surface area (Å²) in [5.74, 6) is 0.826. The number of hydrogen-bond donors (Lipinski definition) is 1. The van der Waals surface area contributed by atoms with Crippen LogP contribution in [0.4, 0.5) is 5.69 Å². The van der Waals surface area contributed by atoms with E-state index in [1.165, 1.54) is 0 Å². The molecule has 17 heavy (non-hydrogen) atoms. The molecule has 0 radical (unpaired) electrons. The van der Waals surface area contributed by atoms with E-state index >= 15 is 0 Å². The van der Waals surface area contributed by atoms with E-state index in [1.807, 2.05) is 17.5 Å². The Bertz CT molecular complexity index is 640. The van der Waals surface area contributed by atoms with Crippen LogP contribution in [0.25, 0.3) is 22.4 Å². The Hall–Kier alpha value is -2.15. The molecule has 7 heteroatoms. The summed E-state index contributed by atoms with van der Waals surface area (Å²) in [5.41, 5.74) is 6.83. The van der Waals surface area contributed by atoms with Gasteiger partial charge in [-0.15, -0.1) is 21.5 Å². The smallest absolute Gasteiger partial charge is 0.270 e. The van der Waals surface area contributed by atoms with Crippen molar-refractivity contribution >= 4 is 17.0 Å². The first-order chi connectivity index (χ1) is 8.24. The molecule has 0 spiro atoms. The van der Waals surface area contributed by atoms with Crippen molar-refractivity contribution in [2.24, 2.45) is 7.05 Å². The molecule has 0 saturated carbocycles. The first kappa shape index (κ1) is 10.0. The van der Waals surface area contributed by atoms with Crippen LogP contribution in [-0.2, 0) is 7.05 Å². The lowest BCUT2D eigenvalue weighted by atomic mass is 10.4. The fourth-order valence-electron chi connectivity index (χ4n) is 1.49. The van der Waals surface area contributed by atoms with E-state index in [4.69, 9.17) is 10.2 Å². The van der Waals surface area contributed by atoms with Gasteiger partial charge in [-0.2, -0.15) is 5.10 Å². The summed E-state index contributed by atoms with van der Waals surface area (Å²) in [7, 11) is 1.79. The van der Waals surface area contributed by atoms with Crippen LogP contribution in [0.5, 0.6) is 0 Å². The second kappa shape index (κ2) is 3.70. The van der Waals surface area contributed by atoms with Gasteiger partial charge in [-0.3, -0.25) is 4.68 Å². The molecule has 86 valence electrons. The van der Waals surface area contributed by atoms with Crippen molar-refractivity contribution < 1.29 is 4.42 Å². The Labute approximate surface area is 101 Å². The summed E-state index contributed by atoms with van der Waals surface area (Å²) in [5, 5.41) is 14.1. The van der Waals surface area contributed by atoms with E-state index in [9.17, 15) is 0 Å². The quantitative estimate of drug-likeness (QED) is 0.746. The lowest BCUT2D eigenvalue weighted by Gasteiger charge is -1.89. The van der Waals surface area contributed by atoms with Crippen LogP contribution in [-0.4, -0.2) is 20.0 Å². The van der Waals surface area contributed by atoms with Gasteiger partial charge in [-0.1, -0.05) is 6.07 Å². The van der Waals surface area contributed by atoms with E-state index in [-0.39, 0.29) is 0 Å². The van der Waals surface area contributed by atoms with Gasteiger partial charge in [0.1, 0.15) is 0 Å². The van der Waals surface area contributed by atoms with Gasteiger partial charge < -0.3 is 10.2 Å². The number of anilines is 1. The number of rotatable bonds is 2. The zero-order valence-corrected chi connectivity index (χ0v) is 9.81. The average molecular weight is 247 g/mol. The fraction of sp³-hybridized carbons (Fsp3) is 0.100. The Kier molecular flexibility index (Phi) is 2.19. The maximum absolute atomic E-state index is 5.79. The largest absolute Gasteiger partial charge is 0.414 e. The minimum atomic E-state index is 0.339. The Balaban J connectivity index is 2.03. The molecule has 3 heterocycles. The molecule has 3 aromatic heterocycles. The summed E-state index contributed by atoms with van der Waals surface area (Å²) >= 11 is 1.54. The molecule has 0 aliphatic heterocycles. The lowest BCUT2D eigenvalue weighted by Crippen LogP contribution is -1.88. The predicted molar refractivity (Wildman–Crippen MR) is 64.2 cm³/mol. The van der Waals surface area contributed by atoms with Crippen LogP contribution in [0.3, 0.4) is 0 Å². The Morgan fingerprint density at radius 2 is 2.18 bits per heavy atom. The van der Waals surface area contributed by atoms with Crippen LogP contribution in [0.1, 0.15) is 0 Å². The van der Waals surface area contributed by atoms with Crippen molar-refractivity contribution in [1.29, 1.82) is 0 Å². The maximum atomic E-state index is 5.79. The molecule has 0 bridgehead atoms. The third-order valence-electron chi connectivity index (χ3n) is 2.22. The first-order valence-corrected chi connectivity index (χ1v) is 5.79. The summed E-state index contributed by atoms with van der Waals surface area (Å²) in [4.78, 5) is 0.929. The first-order valence-electron chi connectivity index (χ1n) is 4.91. The molecule has 2 N–H and O–H groups in total. The van der Waals surface area contributed by atoms with Crippen molar-refractivity contribution in [2.75, 3.05) is 5.73 Å². The second-order valence-electron chi connectivity index (χ2n) is 3.50. The standard InChI is InChI=1S/C10H9N5OS/c1-15-5-6(11)8(14-15)10-13-12-9(16-10)7-3-2-4-17-7/h2-5H,11H2,1H3. The average Bonchev–Trinajstić information content (AvgIpc) is 2.97. The Morgan fingerprint density at radius 3 is 2.82 bits per heavy atom. The van der Waals surface area contributed by atoms with Gasteiger partial charge in [0.2, 0.25) is 0 Å². The predicted octanol–water partition coefficient (Wildman–Crippen LogP) is 1.78. The maximum Gasteiger partial charge on any atom is 0.270 e. The van der Waals surface area contributed by atoms with Crippen molar-refractivity contribution in [3.63, 3.8) is 0 Å². The number of aryl methyl sites for hydroxylation is 1. The van der Waals surface area contributed by atoms with Gasteiger partial charge in [-0.25, -0.2) is 0 Å². The van der Waals surface area contributed by atoms with Gasteiger partial charge in [0.15, 0.2) is 5.69 Å². The van der Waals surface area contributed by atoms with Gasteiger partial charge in [0, 0.05) is 13.2 Å². The highest BCUT2D eigenvalue weighted by Crippen LogP contribution is 2.28. The molecule has 6 nitrogen and oxygen atoms in total. The van der Waals surface area contributed by atoms with Crippen molar-refractivity contribution in [3.8, 4) is 22.4 Å². The summed E-state index contributed by atoms with van der Waals surface area (Å²) in [6.07, 6.45) is 1.70. The molecule has 0 amide bonds. The molecule has 0 aliphatic carbocycles. The topological polar surface area (TPSA) is 82.8 Å². The second-order valence-corrected chi connectivity index (χ2v) is 4.44. The number of hydrogen-bond acceptors (Lipinski definition) is 6. The fourth-order valence-corrected chi connectivity index (χ4v) is 2.14. The van der Waals surface area contributed by atoms with Gasteiger partial charge in [0.05, 0.1) is 10.6 Å². The van der Waals surface area contributed by atoms with E-state index < -0.39 is 0 Å². The normalized spacial score (nSPS) is 10.9. The van der Waals surface area contributed by atoms with Crippen LogP contribution < -0.4 is 5.73 Å². The van der Waals surface area contributed by atoms with Gasteiger partial charge >= 0.3 is 0 Å². The molecule has 0 unspecified atom stereocenters. The molecular formula is C10H9N5OS. The van der Waals surface area contributed by atoms with E-state index in [2.05, 4.69) is 15.3 Å². The van der Waals surface area contributed by atoms with Crippen molar-refractivity contribution in [1.82, 2.24) is 20.0 Å². The van der Waals surface area contributed by atoms with E-state index in [0.717, 1.165) is 4.88 Å². The number of nitrogens with two attached hydrogens (primary N) is 1. The van der Waals surface area contributed by atoms with Crippen molar-refractivity contribution in [3.05, 3.63) is 23.7 Å². The van der Waals surface area contributed by atoms with Gasteiger partial charge in [-0.05, 0) is 11.4 Å². The molecular weight excluding hydrogens is 238 g/mol. The minimum Gasteiger partial charge on any atom is -0.414 e. The SMILES string of the molecule is Cn1cc(N)c(-c2nnc(-c3cccs3)o2)n1. The zero-order chi connectivity index (χ0) is 11.8. The summed E-state index contributed by atoms with van der Waals surface area (Å²) in [6, 6.07) is 3.85.